The van der Waals surface area contributed by atoms with Crippen molar-refractivity contribution in [2.24, 2.45) is 7.05 Å². The summed E-state index contributed by atoms with van der Waals surface area (Å²) in [6.45, 7) is -3.06. The maximum Gasteiger partial charge on any atom is 0.387 e. The molecule has 1 amide bonds. The van der Waals surface area contributed by atoms with E-state index in [1.807, 2.05) is 0 Å². The van der Waals surface area contributed by atoms with E-state index in [-0.39, 0.29) is 33.5 Å². The highest BCUT2D eigenvalue weighted by Crippen LogP contribution is 2.40. The zero-order valence-corrected chi connectivity index (χ0v) is 18.1. The number of benzene rings is 1. The number of fused-ring (bicyclic) bond motifs is 1. The van der Waals surface area contributed by atoms with Gasteiger partial charge in [0.1, 0.15) is 22.3 Å². The second-order valence-corrected chi connectivity index (χ2v) is 9.23. The molecule has 5 rings (SSSR count). The summed E-state index contributed by atoms with van der Waals surface area (Å²) in [6.07, 6.45) is 7.85. The number of hydrogen-bond acceptors (Lipinski definition) is 6. The summed E-state index contributed by atoms with van der Waals surface area (Å²) in [7, 11) is 1.63. The van der Waals surface area contributed by atoms with Gasteiger partial charge < -0.3 is 14.6 Å². The van der Waals surface area contributed by atoms with Gasteiger partial charge in [-0.2, -0.15) is 19.0 Å². The van der Waals surface area contributed by atoms with Gasteiger partial charge >= 0.3 is 6.61 Å². The molecule has 0 spiro atoms. The molecule has 1 aliphatic rings. The zero-order chi connectivity index (χ0) is 23.1. The van der Waals surface area contributed by atoms with E-state index < -0.39 is 23.7 Å². The third-order valence-corrected chi connectivity index (χ3v) is 6.88. The van der Waals surface area contributed by atoms with Crippen LogP contribution in [0.25, 0.3) is 16.9 Å². The summed E-state index contributed by atoms with van der Waals surface area (Å²) in [5, 5.41) is 11.3. The first-order valence-electron chi connectivity index (χ1n) is 10.0. The summed E-state index contributed by atoms with van der Waals surface area (Å²) in [4.78, 5) is 17.6. The Morgan fingerprint density at radius 1 is 1.36 bits per heavy atom. The highest BCUT2D eigenvalue weighted by atomic mass is 32.2. The number of nitrogens with zero attached hydrogens (tertiary/aromatic N) is 5. The maximum absolute atomic E-state index is 13.1. The van der Waals surface area contributed by atoms with Gasteiger partial charge in [-0.05, 0) is 29.4 Å². The fourth-order valence-electron chi connectivity index (χ4n) is 3.45. The Morgan fingerprint density at radius 2 is 2.18 bits per heavy atom. The monoisotopic (exact) mass is 472 g/mol. The van der Waals surface area contributed by atoms with Crippen LogP contribution >= 0.6 is 0 Å². The normalized spacial score (nSPS) is 14.6. The van der Waals surface area contributed by atoms with Crippen LogP contribution in [0.2, 0.25) is 0 Å². The Morgan fingerprint density at radius 3 is 2.94 bits per heavy atom. The molecule has 0 aliphatic heterocycles. The number of nitrogens with one attached hydrogen (secondary N) is 1. The van der Waals surface area contributed by atoms with E-state index in [2.05, 4.69) is 20.5 Å². The molecule has 0 saturated heterocycles. The second kappa shape index (κ2) is 8.45. The number of aryl methyl sites for hydroxylation is 1. The minimum Gasteiger partial charge on any atom is -0.611 e. The van der Waals surface area contributed by atoms with E-state index in [0.29, 0.717) is 10.5 Å². The van der Waals surface area contributed by atoms with Crippen molar-refractivity contribution >= 4 is 28.4 Å². The van der Waals surface area contributed by atoms with E-state index in [0.717, 1.165) is 12.8 Å². The molecule has 1 aliphatic carbocycles. The average molecular weight is 472 g/mol. The second-order valence-electron chi connectivity index (χ2n) is 7.50. The first kappa shape index (κ1) is 21.3. The van der Waals surface area contributed by atoms with Gasteiger partial charge in [0.15, 0.2) is 10.5 Å². The molecule has 1 unspecified atom stereocenters. The first-order chi connectivity index (χ1) is 15.9. The first-order valence-corrected chi connectivity index (χ1v) is 11.2. The molecule has 1 aromatic carbocycles. The Labute approximate surface area is 189 Å². The van der Waals surface area contributed by atoms with Gasteiger partial charge in [-0.25, -0.2) is 9.50 Å². The van der Waals surface area contributed by atoms with E-state index in [9.17, 15) is 18.1 Å². The Bertz CT molecular complexity index is 1340. The van der Waals surface area contributed by atoms with Crippen molar-refractivity contribution in [3.63, 3.8) is 0 Å². The van der Waals surface area contributed by atoms with Gasteiger partial charge in [0.2, 0.25) is 0 Å². The van der Waals surface area contributed by atoms with Crippen molar-refractivity contribution in [3.05, 3.63) is 54.6 Å². The lowest BCUT2D eigenvalue weighted by atomic mass is 10.1. The molecule has 33 heavy (non-hydrogen) atoms. The number of aromatic nitrogens is 5. The minimum atomic E-state index is -3.06. The van der Waals surface area contributed by atoms with Crippen molar-refractivity contribution in [1.82, 2.24) is 24.4 Å². The van der Waals surface area contributed by atoms with Gasteiger partial charge in [0.05, 0.1) is 17.4 Å². The fraction of sp³-hybridized carbons (Fsp3) is 0.238. The summed E-state index contributed by atoms with van der Waals surface area (Å²) in [5.41, 5.74) is 1.28. The molecule has 1 N–H and O–H groups in total. The number of hydrogen-bond donors (Lipinski definition) is 1. The molecular weight excluding hydrogens is 454 g/mol. The number of halogens is 2. The Hall–Kier alpha value is -3.51. The van der Waals surface area contributed by atoms with Crippen LogP contribution in [0.5, 0.6) is 5.75 Å². The highest BCUT2D eigenvalue weighted by Gasteiger charge is 2.36. The SMILES string of the molecule is Cn1cc(NC(=O)c2cnn3cccnc23)c(-c2cc([S+]([O-])C3CC3)ccc2OC(F)F)n1. The van der Waals surface area contributed by atoms with Gasteiger partial charge in [-0.3, -0.25) is 9.48 Å². The van der Waals surface area contributed by atoms with Gasteiger partial charge in [0, 0.05) is 44.5 Å². The van der Waals surface area contributed by atoms with Crippen molar-refractivity contribution in [1.29, 1.82) is 0 Å². The lowest BCUT2D eigenvalue weighted by Gasteiger charge is -2.14. The fourth-order valence-corrected chi connectivity index (χ4v) is 4.83. The molecule has 1 saturated carbocycles. The van der Waals surface area contributed by atoms with Crippen LogP contribution in [0.4, 0.5) is 14.5 Å². The van der Waals surface area contributed by atoms with Gasteiger partial charge in [0.25, 0.3) is 5.91 Å². The van der Waals surface area contributed by atoms with Crippen LogP contribution in [-0.4, -0.2) is 46.7 Å². The quantitative estimate of drug-likeness (QED) is 0.414. The molecule has 1 fully saturated rings. The van der Waals surface area contributed by atoms with Crippen LogP contribution in [0.15, 0.2) is 53.9 Å². The molecule has 170 valence electrons. The largest absolute Gasteiger partial charge is 0.611 e. The molecule has 12 heteroatoms. The third kappa shape index (κ3) is 4.26. The molecule has 9 nitrogen and oxygen atoms in total. The summed E-state index contributed by atoms with van der Waals surface area (Å²) >= 11 is -1.26. The van der Waals surface area contributed by atoms with Crippen LogP contribution in [0.1, 0.15) is 23.2 Å². The lowest BCUT2D eigenvalue weighted by Crippen LogP contribution is -2.13. The summed E-state index contributed by atoms with van der Waals surface area (Å²) in [5.74, 6) is -0.625. The number of amides is 1. The van der Waals surface area contributed by atoms with Crippen LogP contribution in [0.3, 0.4) is 0 Å². The summed E-state index contributed by atoms with van der Waals surface area (Å²) < 4.78 is 46.4. The number of carbonyl (C=O) groups is 1. The van der Waals surface area contributed by atoms with Crippen LogP contribution in [0, 0.1) is 0 Å². The molecular formula is C21H18F2N6O3S. The van der Waals surface area contributed by atoms with E-state index >= 15 is 0 Å². The topological polar surface area (TPSA) is 109 Å². The molecule has 0 radical (unpaired) electrons. The predicted molar refractivity (Wildman–Crippen MR) is 116 cm³/mol. The summed E-state index contributed by atoms with van der Waals surface area (Å²) in [6, 6.07) is 6.08. The number of ether oxygens (including phenoxy) is 1. The van der Waals surface area contributed by atoms with Crippen LogP contribution < -0.4 is 10.1 Å². The number of alkyl halides is 2. The zero-order valence-electron chi connectivity index (χ0n) is 17.3. The van der Waals surface area contributed by atoms with Crippen molar-refractivity contribution < 1.29 is 22.9 Å². The highest BCUT2D eigenvalue weighted by molar-refractivity contribution is 7.92. The molecule has 4 aromatic rings. The molecule has 3 aromatic heterocycles. The predicted octanol–water partition coefficient (Wildman–Crippen LogP) is 3.25. The van der Waals surface area contributed by atoms with E-state index in [1.165, 1.54) is 33.6 Å². The Balaban J connectivity index is 1.53. The van der Waals surface area contributed by atoms with Crippen LogP contribution in [-0.2, 0) is 18.2 Å². The third-order valence-electron chi connectivity index (χ3n) is 5.08. The Kier molecular flexibility index (Phi) is 5.46. The van der Waals surface area contributed by atoms with Gasteiger partial charge in [-0.1, -0.05) is 0 Å². The van der Waals surface area contributed by atoms with Crippen molar-refractivity contribution in [2.75, 3.05) is 5.32 Å². The van der Waals surface area contributed by atoms with Crippen molar-refractivity contribution in [3.8, 4) is 17.0 Å². The standard InChI is InChI=1S/C21H18F2N6O3S/c1-28-11-16(26-20(30)15-10-25-29-8-2-7-24-19(15)29)18(27-28)14-9-13(33(31)12-3-4-12)5-6-17(14)32-21(22)23/h2,5-12,21H,3-4H2,1H3,(H,26,30). The number of anilines is 1. The smallest absolute Gasteiger partial charge is 0.387 e. The van der Waals surface area contributed by atoms with Crippen molar-refractivity contribution in [2.45, 2.75) is 29.6 Å². The lowest BCUT2D eigenvalue weighted by molar-refractivity contribution is -0.0494. The van der Waals surface area contributed by atoms with Gasteiger partial charge in [-0.15, -0.1) is 0 Å². The molecule has 0 bridgehead atoms. The van der Waals surface area contributed by atoms with E-state index in [4.69, 9.17) is 4.74 Å². The molecule has 1 atom stereocenters. The minimum absolute atomic E-state index is 0.0609. The van der Waals surface area contributed by atoms with E-state index in [1.54, 1.807) is 31.7 Å². The maximum atomic E-state index is 13.1. The molecule has 3 heterocycles. The number of rotatable bonds is 7. The number of carbonyl (C=O) groups excluding carboxylic acids is 1. The average Bonchev–Trinajstić information content (AvgIpc) is 3.45.